The molecule has 1 aliphatic heterocycles. The highest BCUT2D eigenvalue weighted by Crippen LogP contribution is 2.31. The van der Waals surface area contributed by atoms with Crippen molar-refractivity contribution in [1.29, 1.82) is 0 Å². The normalized spacial score (nSPS) is 24.2. The minimum atomic E-state index is -0.325. The van der Waals surface area contributed by atoms with Gasteiger partial charge in [0.1, 0.15) is 0 Å². The summed E-state index contributed by atoms with van der Waals surface area (Å²) in [6.45, 7) is 3.69. The van der Waals surface area contributed by atoms with Crippen LogP contribution < -0.4 is 10.2 Å². The van der Waals surface area contributed by atoms with E-state index in [1.807, 2.05) is 18.2 Å². The van der Waals surface area contributed by atoms with Crippen molar-refractivity contribution in [1.82, 2.24) is 5.32 Å². The highest BCUT2D eigenvalue weighted by Gasteiger charge is 2.36. The zero-order valence-corrected chi connectivity index (χ0v) is 13.0. The van der Waals surface area contributed by atoms with Crippen LogP contribution in [0, 0.1) is 11.8 Å². The fraction of sp³-hybridized carbons (Fsp3) is 0.529. The zero-order valence-electron chi connectivity index (χ0n) is 13.0. The monoisotopic (exact) mass is 302 g/mol. The lowest BCUT2D eigenvalue weighted by molar-refractivity contribution is -0.123. The van der Waals surface area contributed by atoms with Crippen molar-refractivity contribution in [2.45, 2.75) is 25.8 Å². The van der Waals surface area contributed by atoms with Gasteiger partial charge in [-0.05, 0) is 30.9 Å². The van der Waals surface area contributed by atoms with Gasteiger partial charge >= 0.3 is 5.97 Å². The minimum Gasteiger partial charge on any atom is -0.465 e. The Hall–Kier alpha value is -2.04. The number of rotatable bonds is 4. The van der Waals surface area contributed by atoms with Gasteiger partial charge in [0, 0.05) is 19.0 Å². The number of ether oxygens (including phenoxy) is 1. The summed E-state index contributed by atoms with van der Waals surface area (Å²) in [4.78, 5) is 26.0. The van der Waals surface area contributed by atoms with Crippen molar-refractivity contribution in [3.05, 3.63) is 29.8 Å². The molecule has 2 unspecified atom stereocenters. The van der Waals surface area contributed by atoms with Crippen LogP contribution in [0.15, 0.2) is 24.3 Å². The summed E-state index contributed by atoms with van der Waals surface area (Å²) in [6.07, 6.45) is 2.03. The summed E-state index contributed by atoms with van der Waals surface area (Å²) < 4.78 is 4.86. The molecule has 2 fully saturated rings. The van der Waals surface area contributed by atoms with Gasteiger partial charge in [-0.15, -0.1) is 0 Å². The van der Waals surface area contributed by atoms with Crippen LogP contribution >= 0.6 is 0 Å². The lowest BCUT2D eigenvalue weighted by atomic mass is 10.1. The predicted molar refractivity (Wildman–Crippen MR) is 83.8 cm³/mol. The van der Waals surface area contributed by atoms with Gasteiger partial charge in [-0.3, -0.25) is 4.79 Å². The third-order valence-corrected chi connectivity index (χ3v) is 4.54. The van der Waals surface area contributed by atoms with E-state index in [2.05, 4.69) is 17.1 Å². The molecule has 1 aromatic rings. The number of benzene rings is 1. The molecule has 0 spiro atoms. The van der Waals surface area contributed by atoms with E-state index < -0.39 is 0 Å². The van der Waals surface area contributed by atoms with Gasteiger partial charge in [0.15, 0.2) is 0 Å². The number of esters is 1. The van der Waals surface area contributed by atoms with E-state index in [0.29, 0.717) is 11.5 Å². The van der Waals surface area contributed by atoms with E-state index in [-0.39, 0.29) is 23.8 Å². The van der Waals surface area contributed by atoms with Crippen LogP contribution in [0.1, 0.15) is 30.1 Å². The molecule has 2 atom stereocenters. The molecular formula is C17H22N2O3. The number of carbonyl (C=O) groups excluding carboxylic acids is 2. The molecule has 1 heterocycles. The second-order valence-electron chi connectivity index (χ2n) is 6.28. The second kappa shape index (κ2) is 5.99. The van der Waals surface area contributed by atoms with Gasteiger partial charge < -0.3 is 15.0 Å². The Kier molecular flexibility index (Phi) is 4.05. The quantitative estimate of drug-likeness (QED) is 0.862. The molecule has 0 aromatic heterocycles. The van der Waals surface area contributed by atoms with Crippen LogP contribution in [0.25, 0.3) is 0 Å². The first-order chi connectivity index (χ1) is 10.6. The highest BCUT2D eigenvalue weighted by molar-refractivity contribution is 5.96. The molecule has 0 radical (unpaired) electrons. The van der Waals surface area contributed by atoms with Crippen LogP contribution in [-0.4, -0.2) is 38.1 Å². The Balaban J connectivity index is 1.73. The van der Waals surface area contributed by atoms with Crippen molar-refractivity contribution in [3.8, 4) is 0 Å². The SMILES string of the molecule is COC(=O)c1ccccc1N1CC(C)C(NC(=O)C2CC2)C1. The molecule has 1 amide bonds. The number of hydrogen-bond donors (Lipinski definition) is 1. The fourth-order valence-electron chi connectivity index (χ4n) is 3.03. The van der Waals surface area contributed by atoms with Gasteiger partial charge in [0.25, 0.3) is 0 Å². The average Bonchev–Trinajstić information content (AvgIpc) is 3.32. The fourth-order valence-corrected chi connectivity index (χ4v) is 3.03. The largest absolute Gasteiger partial charge is 0.465 e. The first-order valence-electron chi connectivity index (χ1n) is 7.83. The summed E-state index contributed by atoms with van der Waals surface area (Å²) in [6, 6.07) is 7.61. The molecule has 1 aromatic carbocycles. The minimum absolute atomic E-state index is 0.138. The van der Waals surface area contributed by atoms with Crippen LogP contribution in [0.2, 0.25) is 0 Å². The van der Waals surface area contributed by atoms with Crippen LogP contribution in [0.4, 0.5) is 5.69 Å². The molecule has 2 aliphatic rings. The van der Waals surface area contributed by atoms with E-state index in [1.165, 1.54) is 7.11 Å². The van der Waals surface area contributed by atoms with Crippen molar-refractivity contribution in [2.75, 3.05) is 25.1 Å². The molecule has 1 saturated heterocycles. The molecule has 3 rings (SSSR count). The van der Waals surface area contributed by atoms with Crippen molar-refractivity contribution < 1.29 is 14.3 Å². The smallest absolute Gasteiger partial charge is 0.339 e. The Labute approximate surface area is 130 Å². The Morgan fingerprint density at radius 2 is 1.95 bits per heavy atom. The molecule has 118 valence electrons. The molecule has 1 aliphatic carbocycles. The predicted octanol–water partition coefficient (Wildman–Crippen LogP) is 1.82. The number of methoxy groups -OCH3 is 1. The molecule has 1 N–H and O–H groups in total. The summed E-state index contributed by atoms with van der Waals surface area (Å²) >= 11 is 0. The first kappa shape index (κ1) is 14.9. The standard InChI is InChI=1S/C17H22N2O3/c1-11-9-19(10-14(11)18-16(20)12-7-8-12)15-6-4-3-5-13(15)17(21)22-2/h3-6,11-12,14H,7-10H2,1-2H3,(H,18,20). The van der Waals surface area contributed by atoms with E-state index >= 15 is 0 Å². The molecule has 5 nitrogen and oxygen atoms in total. The summed E-state index contributed by atoms with van der Waals surface area (Å²) in [7, 11) is 1.39. The van der Waals surface area contributed by atoms with E-state index in [4.69, 9.17) is 4.74 Å². The van der Waals surface area contributed by atoms with Gasteiger partial charge in [-0.1, -0.05) is 19.1 Å². The Bertz CT molecular complexity index is 583. The number of hydrogen-bond acceptors (Lipinski definition) is 4. The third kappa shape index (κ3) is 2.93. The van der Waals surface area contributed by atoms with E-state index in [9.17, 15) is 9.59 Å². The average molecular weight is 302 g/mol. The maximum atomic E-state index is 12.0. The van der Waals surface area contributed by atoms with E-state index in [1.54, 1.807) is 6.07 Å². The summed E-state index contributed by atoms with van der Waals surface area (Å²) in [5, 5.41) is 3.16. The second-order valence-corrected chi connectivity index (χ2v) is 6.28. The number of para-hydroxylation sites is 1. The number of anilines is 1. The van der Waals surface area contributed by atoms with Crippen molar-refractivity contribution in [2.24, 2.45) is 11.8 Å². The maximum Gasteiger partial charge on any atom is 0.339 e. The number of carbonyl (C=O) groups is 2. The van der Waals surface area contributed by atoms with Gasteiger partial charge in [-0.2, -0.15) is 0 Å². The highest BCUT2D eigenvalue weighted by atomic mass is 16.5. The number of amides is 1. The lowest BCUT2D eigenvalue weighted by Gasteiger charge is -2.21. The van der Waals surface area contributed by atoms with Gasteiger partial charge in [0.05, 0.1) is 24.4 Å². The third-order valence-electron chi connectivity index (χ3n) is 4.54. The van der Waals surface area contributed by atoms with E-state index in [0.717, 1.165) is 31.6 Å². The van der Waals surface area contributed by atoms with Crippen LogP contribution in [-0.2, 0) is 9.53 Å². The maximum absolute atomic E-state index is 12.0. The Morgan fingerprint density at radius 3 is 2.64 bits per heavy atom. The zero-order chi connectivity index (χ0) is 15.7. The number of nitrogens with one attached hydrogen (secondary N) is 1. The molecule has 1 saturated carbocycles. The summed E-state index contributed by atoms with van der Waals surface area (Å²) in [5.74, 6) is 0.436. The van der Waals surface area contributed by atoms with Crippen molar-refractivity contribution in [3.63, 3.8) is 0 Å². The molecule has 0 bridgehead atoms. The van der Waals surface area contributed by atoms with Crippen LogP contribution in [0.3, 0.4) is 0 Å². The van der Waals surface area contributed by atoms with Crippen molar-refractivity contribution >= 4 is 17.6 Å². The first-order valence-corrected chi connectivity index (χ1v) is 7.83. The van der Waals surface area contributed by atoms with Crippen LogP contribution in [0.5, 0.6) is 0 Å². The van der Waals surface area contributed by atoms with Gasteiger partial charge in [-0.25, -0.2) is 4.79 Å². The number of nitrogens with zero attached hydrogens (tertiary/aromatic N) is 1. The molecule has 5 heteroatoms. The lowest BCUT2D eigenvalue weighted by Crippen LogP contribution is -2.40. The van der Waals surface area contributed by atoms with Gasteiger partial charge in [0.2, 0.25) is 5.91 Å². The molecule has 22 heavy (non-hydrogen) atoms. The summed E-state index contributed by atoms with van der Waals surface area (Å²) in [5.41, 5.74) is 1.45. The topological polar surface area (TPSA) is 58.6 Å². The Morgan fingerprint density at radius 1 is 1.23 bits per heavy atom. The molecular weight excluding hydrogens is 280 g/mol.